The zero-order valence-electron chi connectivity index (χ0n) is 18.5. The molecule has 0 fully saturated rings. The highest BCUT2D eigenvalue weighted by atomic mass is 35.5. The van der Waals surface area contributed by atoms with Crippen molar-refractivity contribution in [1.29, 1.82) is 0 Å². The Morgan fingerprint density at radius 3 is 2.65 bits per heavy atom. The van der Waals surface area contributed by atoms with Crippen LogP contribution >= 0.6 is 23.2 Å². The number of halogens is 2. The molecule has 1 atom stereocenters. The Labute approximate surface area is 207 Å². The number of rotatable bonds is 10. The second-order valence-corrected chi connectivity index (χ2v) is 8.64. The lowest BCUT2D eigenvalue weighted by molar-refractivity contribution is -0.139. The lowest BCUT2D eigenvalue weighted by atomic mass is 10.0. The predicted octanol–water partition coefficient (Wildman–Crippen LogP) is 5.85. The van der Waals surface area contributed by atoms with Crippen molar-refractivity contribution >= 4 is 40.1 Å². The van der Waals surface area contributed by atoms with E-state index >= 15 is 0 Å². The minimum atomic E-state index is -0.925. The number of carboxylic acids is 1. The Morgan fingerprint density at radius 1 is 1.06 bits per heavy atom. The van der Waals surface area contributed by atoms with Gasteiger partial charge < -0.3 is 19.6 Å². The quantitative estimate of drug-likeness (QED) is 0.255. The first-order valence-electron chi connectivity index (χ1n) is 10.7. The highest BCUT2D eigenvalue weighted by Crippen LogP contribution is 2.32. The molecule has 1 aromatic heterocycles. The van der Waals surface area contributed by atoms with Crippen LogP contribution in [0.25, 0.3) is 10.9 Å². The van der Waals surface area contributed by atoms with Gasteiger partial charge in [0.05, 0.1) is 17.2 Å². The largest absolute Gasteiger partial charge is 0.493 e. The van der Waals surface area contributed by atoms with E-state index in [9.17, 15) is 9.90 Å². The number of nitrogens with one attached hydrogen (secondary N) is 2. The molecule has 1 heterocycles. The summed E-state index contributed by atoms with van der Waals surface area (Å²) in [7, 11) is 1.57. The lowest BCUT2D eigenvalue weighted by Crippen LogP contribution is -2.38. The standard InChI is InChI=1S/C26H24Cl2N2O4/c1-33-24-8-4-5-17(25(24)34-15-16-9-10-20(27)21(28)11-16)13-30-23(26(31)32)12-18-14-29-22-7-3-2-6-19(18)22/h2-11,14,23,29-30H,12-13,15H2,1H3,(H,31,32). The Kier molecular flexibility index (Phi) is 7.63. The maximum atomic E-state index is 12.0. The fraction of sp³-hybridized carbons (Fsp3) is 0.192. The van der Waals surface area contributed by atoms with Crippen LogP contribution < -0.4 is 14.8 Å². The molecule has 1 unspecified atom stereocenters. The highest BCUT2D eigenvalue weighted by Gasteiger charge is 2.21. The minimum absolute atomic E-state index is 0.252. The van der Waals surface area contributed by atoms with Gasteiger partial charge in [0.1, 0.15) is 12.6 Å². The van der Waals surface area contributed by atoms with Crippen LogP contribution in [0.2, 0.25) is 10.0 Å². The molecule has 176 valence electrons. The number of aliphatic carboxylic acids is 1. The normalized spacial score (nSPS) is 12.0. The molecule has 0 aliphatic carbocycles. The molecule has 6 nitrogen and oxygen atoms in total. The minimum Gasteiger partial charge on any atom is -0.493 e. The van der Waals surface area contributed by atoms with E-state index in [2.05, 4.69) is 10.3 Å². The van der Waals surface area contributed by atoms with Crippen LogP contribution in [0, 0.1) is 0 Å². The van der Waals surface area contributed by atoms with E-state index in [1.807, 2.05) is 48.7 Å². The van der Waals surface area contributed by atoms with Gasteiger partial charge in [0.2, 0.25) is 0 Å². The van der Waals surface area contributed by atoms with Crippen molar-refractivity contribution in [2.24, 2.45) is 0 Å². The van der Waals surface area contributed by atoms with Crippen LogP contribution in [0.15, 0.2) is 66.9 Å². The maximum absolute atomic E-state index is 12.0. The molecular weight excluding hydrogens is 475 g/mol. The number of ether oxygens (including phenoxy) is 2. The van der Waals surface area contributed by atoms with E-state index in [-0.39, 0.29) is 13.2 Å². The van der Waals surface area contributed by atoms with E-state index in [4.69, 9.17) is 32.7 Å². The van der Waals surface area contributed by atoms with Crippen molar-refractivity contribution in [3.05, 3.63) is 93.6 Å². The molecule has 0 aliphatic heterocycles. The summed E-state index contributed by atoms with van der Waals surface area (Å²) in [4.78, 5) is 15.2. The van der Waals surface area contributed by atoms with Crippen LogP contribution in [-0.4, -0.2) is 29.2 Å². The summed E-state index contributed by atoms with van der Waals surface area (Å²) in [6, 6.07) is 17.9. The van der Waals surface area contributed by atoms with Crippen LogP contribution in [-0.2, 0) is 24.4 Å². The number of carbonyl (C=O) groups is 1. The first-order valence-corrected chi connectivity index (χ1v) is 11.5. The van der Waals surface area contributed by atoms with Gasteiger partial charge in [-0.1, -0.05) is 59.6 Å². The van der Waals surface area contributed by atoms with Gasteiger partial charge >= 0.3 is 5.97 Å². The summed E-state index contributed by atoms with van der Waals surface area (Å²) in [6.45, 7) is 0.537. The van der Waals surface area contributed by atoms with E-state index < -0.39 is 12.0 Å². The zero-order valence-corrected chi connectivity index (χ0v) is 20.0. The van der Waals surface area contributed by atoms with Crippen molar-refractivity contribution in [3.8, 4) is 11.5 Å². The summed E-state index contributed by atoms with van der Waals surface area (Å²) in [5.41, 5.74) is 3.55. The third-order valence-electron chi connectivity index (χ3n) is 5.58. The van der Waals surface area contributed by atoms with E-state index in [0.717, 1.165) is 27.6 Å². The fourth-order valence-electron chi connectivity index (χ4n) is 3.81. The first kappa shape index (κ1) is 24.0. The van der Waals surface area contributed by atoms with Gasteiger partial charge in [-0.2, -0.15) is 0 Å². The number of benzene rings is 3. The molecule has 3 N–H and O–H groups in total. The van der Waals surface area contributed by atoms with Gasteiger partial charge in [0, 0.05) is 35.6 Å². The van der Waals surface area contributed by atoms with E-state index in [1.165, 1.54) is 0 Å². The summed E-state index contributed by atoms with van der Waals surface area (Å²) < 4.78 is 11.6. The van der Waals surface area contributed by atoms with Gasteiger partial charge in [-0.15, -0.1) is 0 Å². The fourth-order valence-corrected chi connectivity index (χ4v) is 4.13. The van der Waals surface area contributed by atoms with Crippen LogP contribution in [0.4, 0.5) is 0 Å². The molecule has 3 aromatic carbocycles. The molecule has 8 heteroatoms. The number of H-pyrrole nitrogens is 1. The Hall–Kier alpha value is -3.19. The van der Waals surface area contributed by atoms with Crippen LogP contribution in [0.3, 0.4) is 0 Å². The number of carboxylic acid groups (broad SMARTS) is 1. The molecular formula is C26H24Cl2N2O4. The lowest BCUT2D eigenvalue weighted by Gasteiger charge is -2.18. The third-order valence-corrected chi connectivity index (χ3v) is 6.32. The van der Waals surface area contributed by atoms with Crippen LogP contribution in [0.1, 0.15) is 16.7 Å². The van der Waals surface area contributed by atoms with Crippen molar-refractivity contribution in [2.45, 2.75) is 25.6 Å². The van der Waals surface area contributed by atoms with Crippen molar-refractivity contribution < 1.29 is 19.4 Å². The smallest absolute Gasteiger partial charge is 0.321 e. The summed E-state index contributed by atoms with van der Waals surface area (Å²) >= 11 is 12.1. The molecule has 4 rings (SSSR count). The second kappa shape index (κ2) is 10.8. The second-order valence-electron chi connectivity index (χ2n) is 7.82. The molecule has 34 heavy (non-hydrogen) atoms. The van der Waals surface area contributed by atoms with Gasteiger partial charge in [0.25, 0.3) is 0 Å². The Bertz CT molecular complexity index is 1310. The molecule has 4 aromatic rings. The number of methoxy groups -OCH3 is 1. The predicted molar refractivity (Wildman–Crippen MR) is 134 cm³/mol. The number of para-hydroxylation sites is 2. The number of aromatic nitrogens is 1. The van der Waals surface area contributed by atoms with Gasteiger partial charge in [-0.05, 0) is 35.4 Å². The number of aromatic amines is 1. The molecule has 0 bridgehead atoms. The Morgan fingerprint density at radius 2 is 1.88 bits per heavy atom. The van der Waals surface area contributed by atoms with Crippen LogP contribution in [0.5, 0.6) is 11.5 Å². The molecule has 0 saturated carbocycles. The number of hydrogen-bond acceptors (Lipinski definition) is 4. The van der Waals surface area contributed by atoms with Gasteiger partial charge in [0.15, 0.2) is 11.5 Å². The highest BCUT2D eigenvalue weighted by molar-refractivity contribution is 6.42. The zero-order chi connectivity index (χ0) is 24.1. The maximum Gasteiger partial charge on any atom is 0.321 e. The average Bonchev–Trinajstić information content (AvgIpc) is 3.25. The Balaban J connectivity index is 1.50. The molecule has 0 amide bonds. The monoisotopic (exact) mass is 498 g/mol. The summed E-state index contributed by atoms with van der Waals surface area (Å²) in [6.07, 6.45) is 2.20. The van der Waals surface area contributed by atoms with Crippen molar-refractivity contribution in [1.82, 2.24) is 10.3 Å². The molecule has 0 saturated heterocycles. The van der Waals surface area contributed by atoms with E-state index in [1.54, 1.807) is 25.3 Å². The van der Waals surface area contributed by atoms with Crippen molar-refractivity contribution in [2.75, 3.05) is 7.11 Å². The average molecular weight is 499 g/mol. The van der Waals surface area contributed by atoms with E-state index in [0.29, 0.717) is 28.0 Å². The summed E-state index contributed by atoms with van der Waals surface area (Å²) in [5.74, 6) is 0.175. The van der Waals surface area contributed by atoms with Crippen molar-refractivity contribution in [3.63, 3.8) is 0 Å². The number of fused-ring (bicyclic) bond motifs is 1. The molecule has 0 radical (unpaired) electrons. The first-order chi connectivity index (χ1) is 16.5. The van der Waals surface area contributed by atoms with Gasteiger partial charge in [-0.3, -0.25) is 10.1 Å². The number of hydrogen-bond donors (Lipinski definition) is 3. The third kappa shape index (κ3) is 5.47. The topological polar surface area (TPSA) is 83.6 Å². The molecule has 0 spiro atoms. The SMILES string of the molecule is COc1cccc(CNC(Cc2c[nH]c3ccccc23)C(=O)O)c1OCc1ccc(Cl)c(Cl)c1. The molecule has 0 aliphatic rings. The van der Waals surface area contributed by atoms with Gasteiger partial charge in [-0.25, -0.2) is 0 Å². The summed E-state index contributed by atoms with van der Waals surface area (Å²) in [5, 5.41) is 14.9.